The molecule has 0 radical (unpaired) electrons. The molecule has 1 saturated heterocycles. The molecular weight excluding hydrogens is 291 g/mol. The fraction of sp³-hybridized carbons (Fsp3) is 0.600. The number of nitrogens with zero attached hydrogens (tertiary/aromatic N) is 4. The van der Waals surface area contributed by atoms with Crippen molar-refractivity contribution in [3.05, 3.63) is 16.0 Å². The third-order valence-corrected chi connectivity index (χ3v) is 3.99. The van der Waals surface area contributed by atoms with Crippen LogP contribution in [0.5, 0.6) is 0 Å². The van der Waals surface area contributed by atoms with E-state index in [1.54, 1.807) is 0 Å². The van der Waals surface area contributed by atoms with Gasteiger partial charge in [0, 0.05) is 19.6 Å². The van der Waals surface area contributed by atoms with Crippen molar-refractivity contribution >= 4 is 33.3 Å². The summed E-state index contributed by atoms with van der Waals surface area (Å²) in [5.74, 6) is 0.898. The highest BCUT2D eigenvalue weighted by atomic mass is 79.9. The van der Waals surface area contributed by atoms with E-state index in [9.17, 15) is 0 Å². The molecule has 1 aliphatic rings. The average Bonchev–Trinajstić information content (AvgIpc) is 2.47. The van der Waals surface area contributed by atoms with Crippen LogP contribution in [0.3, 0.4) is 0 Å². The van der Waals surface area contributed by atoms with Crippen LogP contribution in [0.1, 0.15) is 6.42 Å². The monoisotopic (exact) mass is 304 g/mol. The molecular formula is C10H14BrClN4. The normalized spacial score (nSPS) is 18.6. The maximum absolute atomic E-state index is 5.97. The smallest absolute Gasteiger partial charge is 0.148 e. The second-order valence-corrected chi connectivity index (χ2v) is 5.10. The standard InChI is InChI=1S/C10H14BrClN4/c1-15-3-2-4-16(6-5-15)10-8(11)9(12)13-7-14-10/h7H,2-6H2,1H3. The van der Waals surface area contributed by atoms with Crippen LogP contribution < -0.4 is 4.90 Å². The number of rotatable bonds is 1. The van der Waals surface area contributed by atoms with Gasteiger partial charge < -0.3 is 9.80 Å². The highest BCUT2D eigenvalue weighted by Crippen LogP contribution is 2.29. The van der Waals surface area contributed by atoms with E-state index in [0.29, 0.717) is 5.15 Å². The maximum atomic E-state index is 5.97. The predicted octanol–water partition coefficient (Wildman–Crippen LogP) is 2.03. The van der Waals surface area contributed by atoms with E-state index in [1.165, 1.54) is 6.33 Å². The topological polar surface area (TPSA) is 32.3 Å². The van der Waals surface area contributed by atoms with Crippen LogP contribution in [-0.4, -0.2) is 48.1 Å². The van der Waals surface area contributed by atoms with Crippen molar-refractivity contribution in [3.63, 3.8) is 0 Å². The molecule has 1 aromatic rings. The molecule has 1 aliphatic heterocycles. The van der Waals surface area contributed by atoms with Crippen molar-refractivity contribution < 1.29 is 0 Å². The molecule has 0 spiro atoms. The highest BCUT2D eigenvalue weighted by Gasteiger charge is 2.17. The van der Waals surface area contributed by atoms with Crippen molar-refractivity contribution in [2.75, 3.05) is 38.1 Å². The van der Waals surface area contributed by atoms with Crippen LogP contribution >= 0.6 is 27.5 Å². The molecule has 0 aliphatic carbocycles. The lowest BCUT2D eigenvalue weighted by Crippen LogP contribution is -2.29. The van der Waals surface area contributed by atoms with Crippen molar-refractivity contribution in [1.82, 2.24) is 14.9 Å². The van der Waals surface area contributed by atoms with Crippen molar-refractivity contribution in [2.24, 2.45) is 0 Å². The van der Waals surface area contributed by atoms with Gasteiger partial charge in [0.1, 0.15) is 17.3 Å². The van der Waals surface area contributed by atoms with Crippen molar-refractivity contribution in [2.45, 2.75) is 6.42 Å². The quantitative estimate of drug-likeness (QED) is 0.743. The molecule has 4 nitrogen and oxygen atoms in total. The summed E-state index contributed by atoms with van der Waals surface area (Å²) in [6, 6.07) is 0. The molecule has 1 aromatic heterocycles. The number of aromatic nitrogens is 2. The van der Waals surface area contributed by atoms with Gasteiger partial charge in [0.05, 0.1) is 4.47 Å². The number of hydrogen-bond donors (Lipinski definition) is 0. The molecule has 1 fully saturated rings. The van der Waals surface area contributed by atoms with Crippen LogP contribution in [0.2, 0.25) is 5.15 Å². The minimum Gasteiger partial charge on any atom is -0.354 e. The SMILES string of the molecule is CN1CCCN(c2ncnc(Cl)c2Br)CC1. The molecule has 2 rings (SSSR count). The zero-order valence-corrected chi connectivity index (χ0v) is 11.5. The van der Waals surface area contributed by atoms with Gasteiger partial charge in [-0.2, -0.15) is 0 Å². The molecule has 0 bridgehead atoms. The summed E-state index contributed by atoms with van der Waals surface area (Å²) in [5, 5.41) is 0.475. The number of anilines is 1. The zero-order valence-electron chi connectivity index (χ0n) is 9.16. The van der Waals surface area contributed by atoms with Crippen LogP contribution in [0.25, 0.3) is 0 Å². The second-order valence-electron chi connectivity index (χ2n) is 3.95. The summed E-state index contributed by atoms with van der Waals surface area (Å²) in [7, 11) is 2.14. The minimum atomic E-state index is 0.475. The fourth-order valence-corrected chi connectivity index (χ4v) is 2.40. The van der Waals surface area contributed by atoms with Crippen molar-refractivity contribution in [3.8, 4) is 0 Å². The third kappa shape index (κ3) is 2.64. The van der Waals surface area contributed by atoms with E-state index >= 15 is 0 Å². The molecule has 0 aromatic carbocycles. The van der Waals surface area contributed by atoms with E-state index in [4.69, 9.17) is 11.6 Å². The van der Waals surface area contributed by atoms with Gasteiger partial charge in [-0.1, -0.05) is 11.6 Å². The number of halogens is 2. The molecule has 2 heterocycles. The summed E-state index contributed by atoms with van der Waals surface area (Å²) < 4.78 is 0.793. The summed E-state index contributed by atoms with van der Waals surface area (Å²) in [6.07, 6.45) is 2.65. The zero-order chi connectivity index (χ0) is 11.5. The Morgan fingerprint density at radius 2 is 2.06 bits per heavy atom. The first-order chi connectivity index (χ1) is 7.68. The number of likely N-dealkylation sites (N-methyl/N-ethyl adjacent to an activating group) is 1. The first-order valence-corrected chi connectivity index (χ1v) is 6.45. The average molecular weight is 306 g/mol. The molecule has 0 atom stereocenters. The highest BCUT2D eigenvalue weighted by molar-refractivity contribution is 9.10. The van der Waals surface area contributed by atoms with Gasteiger partial charge in [-0.3, -0.25) is 0 Å². The lowest BCUT2D eigenvalue weighted by molar-refractivity contribution is 0.360. The Kier molecular flexibility index (Phi) is 4.00. The van der Waals surface area contributed by atoms with E-state index in [1.807, 2.05) is 0 Å². The van der Waals surface area contributed by atoms with Gasteiger partial charge in [0.2, 0.25) is 0 Å². The van der Waals surface area contributed by atoms with E-state index < -0.39 is 0 Å². The molecule has 0 unspecified atom stereocenters. The molecule has 88 valence electrons. The first kappa shape index (κ1) is 12.1. The van der Waals surface area contributed by atoms with Crippen LogP contribution in [-0.2, 0) is 0 Å². The summed E-state index contributed by atoms with van der Waals surface area (Å²) in [5.41, 5.74) is 0. The van der Waals surface area contributed by atoms with Crippen LogP contribution in [0.4, 0.5) is 5.82 Å². The van der Waals surface area contributed by atoms with E-state index in [2.05, 4.69) is 42.7 Å². The lowest BCUT2D eigenvalue weighted by atomic mass is 10.4. The second kappa shape index (κ2) is 5.29. The summed E-state index contributed by atoms with van der Waals surface area (Å²) >= 11 is 9.41. The Morgan fingerprint density at radius 1 is 1.25 bits per heavy atom. The molecule has 6 heteroatoms. The van der Waals surface area contributed by atoms with Crippen LogP contribution in [0.15, 0.2) is 10.8 Å². The molecule has 0 saturated carbocycles. The maximum Gasteiger partial charge on any atom is 0.148 e. The van der Waals surface area contributed by atoms with Crippen molar-refractivity contribution in [1.29, 1.82) is 0 Å². The fourth-order valence-electron chi connectivity index (χ4n) is 1.82. The van der Waals surface area contributed by atoms with Gasteiger partial charge >= 0.3 is 0 Å². The van der Waals surface area contributed by atoms with Gasteiger partial charge in [0.15, 0.2) is 0 Å². The lowest BCUT2D eigenvalue weighted by Gasteiger charge is -2.22. The van der Waals surface area contributed by atoms with Gasteiger partial charge in [-0.15, -0.1) is 0 Å². The Hall–Kier alpha value is -0.390. The molecule has 16 heavy (non-hydrogen) atoms. The van der Waals surface area contributed by atoms with Gasteiger partial charge in [-0.05, 0) is 35.9 Å². The Balaban J connectivity index is 2.20. The Bertz CT molecular complexity index is 374. The summed E-state index contributed by atoms with van der Waals surface area (Å²) in [4.78, 5) is 12.8. The van der Waals surface area contributed by atoms with Gasteiger partial charge in [0.25, 0.3) is 0 Å². The largest absolute Gasteiger partial charge is 0.354 e. The van der Waals surface area contributed by atoms with E-state index in [0.717, 1.165) is 42.9 Å². The third-order valence-electron chi connectivity index (χ3n) is 2.75. The molecule has 0 amide bonds. The van der Waals surface area contributed by atoms with E-state index in [-0.39, 0.29) is 0 Å². The van der Waals surface area contributed by atoms with Gasteiger partial charge in [-0.25, -0.2) is 9.97 Å². The minimum absolute atomic E-state index is 0.475. The molecule has 0 N–H and O–H groups in total. The Labute approximate surface area is 109 Å². The van der Waals surface area contributed by atoms with Crippen LogP contribution in [0, 0.1) is 0 Å². The summed E-state index contributed by atoms with van der Waals surface area (Å²) in [6.45, 7) is 4.17. The Morgan fingerprint density at radius 3 is 2.88 bits per heavy atom. The predicted molar refractivity (Wildman–Crippen MR) is 69.1 cm³/mol. The number of hydrogen-bond acceptors (Lipinski definition) is 4. The first-order valence-electron chi connectivity index (χ1n) is 5.28.